The van der Waals surface area contributed by atoms with Crippen molar-refractivity contribution in [1.29, 1.82) is 0 Å². The van der Waals surface area contributed by atoms with Crippen LogP contribution in [0.2, 0.25) is 0 Å². The van der Waals surface area contributed by atoms with E-state index in [0.29, 0.717) is 34.4 Å². The van der Waals surface area contributed by atoms with Crippen molar-refractivity contribution in [2.45, 2.75) is 44.7 Å². The van der Waals surface area contributed by atoms with Gasteiger partial charge in [0.25, 0.3) is 5.91 Å². The maximum absolute atomic E-state index is 14.6. The van der Waals surface area contributed by atoms with E-state index in [1.165, 1.54) is 12.3 Å². The van der Waals surface area contributed by atoms with Gasteiger partial charge in [0.05, 0.1) is 24.2 Å². The van der Waals surface area contributed by atoms with Gasteiger partial charge in [-0.2, -0.15) is 0 Å². The van der Waals surface area contributed by atoms with Crippen LogP contribution in [-0.4, -0.2) is 42.5 Å². The van der Waals surface area contributed by atoms with E-state index in [9.17, 15) is 13.6 Å². The molecule has 10 heteroatoms. The largest absolute Gasteiger partial charge is 0.365 e. The quantitative estimate of drug-likeness (QED) is 0.412. The average molecular weight is 466 g/mol. The maximum Gasteiger partial charge on any atom is 0.269 e. The predicted octanol–water partition coefficient (Wildman–Crippen LogP) is 4.10. The number of amides is 1. The Balaban J connectivity index is 1.33. The van der Waals surface area contributed by atoms with Crippen LogP contribution in [0.15, 0.2) is 37.1 Å². The molecule has 3 N–H and O–H groups in total. The average Bonchev–Trinajstić information content (AvgIpc) is 3.42. The number of fused-ring (bicyclic) bond motifs is 1. The first-order chi connectivity index (χ1) is 16.4. The molecule has 34 heavy (non-hydrogen) atoms. The summed E-state index contributed by atoms with van der Waals surface area (Å²) < 4.78 is 30.6. The number of H-pyrrole nitrogens is 1. The molecule has 3 aromatic heterocycles. The summed E-state index contributed by atoms with van der Waals surface area (Å²) in [7, 11) is 1.77. The normalized spacial score (nSPS) is 18.2. The van der Waals surface area contributed by atoms with Crippen LogP contribution in [0.4, 0.5) is 14.6 Å². The number of hydrogen-bond acceptors (Lipinski definition) is 5. The van der Waals surface area contributed by atoms with Gasteiger partial charge < -0.3 is 20.2 Å². The SMILES string of the molecule is Cc1cc(F)c2[nH]cc(-c3ncc(F)c(N[C@@H]4CCC[C@@H](NC(=O)c5cncn5C)C4)n3)c2c1. The number of carbonyl (C=O) groups is 1. The van der Waals surface area contributed by atoms with Crippen LogP contribution in [0.3, 0.4) is 0 Å². The third-order valence-corrected chi connectivity index (χ3v) is 6.27. The third-order valence-electron chi connectivity index (χ3n) is 6.27. The van der Waals surface area contributed by atoms with E-state index in [4.69, 9.17) is 0 Å². The van der Waals surface area contributed by atoms with Gasteiger partial charge in [-0.05, 0) is 50.3 Å². The molecule has 3 heterocycles. The van der Waals surface area contributed by atoms with Crippen molar-refractivity contribution < 1.29 is 13.6 Å². The Labute approximate surface area is 194 Å². The molecule has 0 spiro atoms. The zero-order valence-corrected chi connectivity index (χ0v) is 18.9. The van der Waals surface area contributed by atoms with Gasteiger partial charge >= 0.3 is 0 Å². The number of nitrogens with zero attached hydrogens (tertiary/aromatic N) is 4. The standard InChI is InChI=1S/C24H25F2N7O/c1-13-6-16-17(9-28-21(16)18(25)7-13)22-29-10-19(26)23(32-22)30-14-4-3-5-15(8-14)31-24(34)20-11-27-12-33(20)2/h6-7,9-12,14-15,28H,3-5,8H2,1-2H3,(H,31,34)(H,29,30,32)/t14-,15-/m1/s1. The number of anilines is 1. The number of aromatic amines is 1. The van der Waals surface area contributed by atoms with E-state index in [0.717, 1.165) is 31.0 Å². The molecule has 5 rings (SSSR count). The van der Waals surface area contributed by atoms with Crippen molar-refractivity contribution in [3.63, 3.8) is 0 Å². The minimum absolute atomic E-state index is 0.0439. The summed E-state index contributed by atoms with van der Waals surface area (Å²) in [5, 5.41) is 6.89. The molecule has 1 fully saturated rings. The molecular formula is C24H25F2N7O. The van der Waals surface area contributed by atoms with E-state index >= 15 is 0 Å². The first kappa shape index (κ1) is 22.0. The van der Waals surface area contributed by atoms with Crippen molar-refractivity contribution in [2.24, 2.45) is 7.05 Å². The molecule has 1 aromatic carbocycles. The number of aryl methyl sites for hydroxylation is 2. The number of imidazole rings is 1. The molecule has 0 aliphatic heterocycles. The summed E-state index contributed by atoms with van der Waals surface area (Å²) >= 11 is 0. The Morgan fingerprint density at radius 1 is 1.18 bits per heavy atom. The molecule has 176 valence electrons. The van der Waals surface area contributed by atoms with Crippen LogP contribution in [-0.2, 0) is 7.05 Å². The van der Waals surface area contributed by atoms with E-state index in [1.807, 2.05) is 13.0 Å². The molecule has 4 aromatic rings. The van der Waals surface area contributed by atoms with Gasteiger partial charge in [0.2, 0.25) is 0 Å². The van der Waals surface area contributed by atoms with E-state index in [1.54, 1.807) is 24.1 Å². The smallest absolute Gasteiger partial charge is 0.269 e. The molecule has 8 nitrogen and oxygen atoms in total. The highest BCUT2D eigenvalue weighted by molar-refractivity contribution is 5.94. The molecule has 0 unspecified atom stereocenters. The molecule has 0 radical (unpaired) electrons. The zero-order valence-electron chi connectivity index (χ0n) is 18.9. The molecule has 1 aliphatic carbocycles. The van der Waals surface area contributed by atoms with Crippen molar-refractivity contribution >= 4 is 22.6 Å². The number of halogens is 2. The van der Waals surface area contributed by atoms with Crippen LogP contribution >= 0.6 is 0 Å². The van der Waals surface area contributed by atoms with Crippen molar-refractivity contribution in [1.82, 2.24) is 29.8 Å². The van der Waals surface area contributed by atoms with E-state index < -0.39 is 5.82 Å². The summed E-state index contributed by atoms with van der Waals surface area (Å²) in [5.41, 5.74) is 2.23. The lowest BCUT2D eigenvalue weighted by Gasteiger charge is -2.30. The number of benzene rings is 1. The lowest BCUT2D eigenvalue weighted by molar-refractivity contribution is 0.0918. The highest BCUT2D eigenvalue weighted by Crippen LogP contribution is 2.30. The van der Waals surface area contributed by atoms with Crippen LogP contribution in [0, 0.1) is 18.6 Å². The highest BCUT2D eigenvalue weighted by atomic mass is 19.1. The fourth-order valence-electron chi connectivity index (χ4n) is 4.59. The molecule has 0 bridgehead atoms. The second kappa shape index (κ2) is 8.85. The van der Waals surface area contributed by atoms with Crippen LogP contribution in [0.25, 0.3) is 22.3 Å². The van der Waals surface area contributed by atoms with Crippen LogP contribution in [0.5, 0.6) is 0 Å². The summed E-state index contributed by atoms with van der Waals surface area (Å²) in [4.78, 5) is 28.0. The van der Waals surface area contributed by atoms with Crippen LogP contribution in [0.1, 0.15) is 41.7 Å². The van der Waals surface area contributed by atoms with Gasteiger partial charge in [0.1, 0.15) is 11.5 Å². The molecule has 1 aliphatic rings. The lowest BCUT2D eigenvalue weighted by Crippen LogP contribution is -2.42. The second-order valence-electron chi connectivity index (χ2n) is 8.83. The van der Waals surface area contributed by atoms with Crippen LogP contribution < -0.4 is 10.6 Å². The fourth-order valence-corrected chi connectivity index (χ4v) is 4.59. The predicted molar refractivity (Wildman–Crippen MR) is 124 cm³/mol. The molecular weight excluding hydrogens is 440 g/mol. The Morgan fingerprint density at radius 2 is 2.00 bits per heavy atom. The van der Waals surface area contributed by atoms with Gasteiger partial charge in [-0.3, -0.25) is 4.79 Å². The van der Waals surface area contributed by atoms with Gasteiger partial charge in [0, 0.05) is 36.3 Å². The van der Waals surface area contributed by atoms with E-state index in [-0.39, 0.29) is 29.6 Å². The second-order valence-corrected chi connectivity index (χ2v) is 8.83. The van der Waals surface area contributed by atoms with Gasteiger partial charge in [0.15, 0.2) is 17.5 Å². The summed E-state index contributed by atoms with van der Waals surface area (Å²) in [6.07, 6.45) is 9.07. The summed E-state index contributed by atoms with van der Waals surface area (Å²) in [6, 6.07) is 3.19. The Kier molecular flexibility index (Phi) is 5.72. The monoisotopic (exact) mass is 465 g/mol. The first-order valence-corrected chi connectivity index (χ1v) is 11.2. The number of hydrogen-bond donors (Lipinski definition) is 3. The summed E-state index contributed by atoms with van der Waals surface area (Å²) in [6.45, 7) is 1.81. The third kappa shape index (κ3) is 4.23. The minimum Gasteiger partial charge on any atom is -0.365 e. The zero-order chi connectivity index (χ0) is 23.8. The van der Waals surface area contributed by atoms with Gasteiger partial charge in [-0.1, -0.05) is 0 Å². The maximum atomic E-state index is 14.6. The van der Waals surface area contributed by atoms with Crippen molar-refractivity contribution in [3.8, 4) is 11.4 Å². The van der Waals surface area contributed by atoms with E-state index in [2.05, 4.69) is 30.6 Å². The van der Waals surface area contributed by atoms with Gasteiger partial charge in [-0.15, -0.1) is 0 Å². The number of aromatic nitrogens is 5. The summed E-state index contributed by atoms with van der Waals surface area (Å²) in [5.74, 6) is -0.703. The number of carbonyl (C=O) groups excluding carboxylic acids is 1. The number of nitrogens with one attached hydrogen (secondary N) is 3. The molecule has 0 saturated heterocycles. The Morgan fingerprint density at radius 3 is 2.79 bits per heavy atom. The molecule has 1 amide bonds. The van der Waals surface area contributed by atoms with Gasteiger partial charge in [-0.25, -0.2) is 23.7 Å². The fraction of sp³-hybridized carbons (Fsp3) is 0.333. The van der Waals surface area contributed by atoms with Crippen molar-refractivity contribution in [2.75, 3.05) is 5.32 Å². The Hall–Kier alpha value is -3.82. The minimum atomic E-state index is -0.563. The van der Waals surface area contributed by atoms with Crippen molar-refractivity contribution in [3.05, 3.63) is 59.9 Å². The number of rotatable bonds is 5. The first-order valence-electron chi connectivity index (χ1n) is 11.2. The Bertz CT molecular complexity index is 1360. The lowest BCUT2D eigenvalue weighted by atomic mass is 9.91. The molecule has 2 atom stereocenters. The molecule has 1 saturated carbocycles. The topological polar surface area (TPSA) is 101 Å². The highest BCUT2D eigenvalue weighted by Gasteiger charge is 2.26.